The zero-order chi connectivity index (χ0) is 22.9. The van der Waals surface area contributed by atoms with E-state index in [4.69, 9.17) is 14.2 Å². The van der Waals surface area contributed by atoms with Gasteiger partial charge in [0, 0.05) is 11.0 Å². The van der Waals surface area contributed by atoms with E-state index < -0.39 is 0 Å². The first-order chi connectivity index (χ1) is 16.6. The van der Waals surface area contributed by atoms with Gasteiger partial charge in [0.05, 0.1) is 6.54 Å². The average Bonchev–Trinajstić information content (AvgIpc) is 3.23. The lowest BCUT2D eigenvalue weighted by atomic mass is 9.35. The highest BCUT2D eigenvalue weighted by molar-refractivity contribution is 6.98. The summed E-state index contributed by atoms with van der Waals surface area (Å²) in [4.78, 5) is 4.61. The zero-order valence-corrected chi connectivity index (χ0v) is 19.0. The second-order valence-electron chi connectivity index (χ2n) is 9.66. The largest absolute Gasteiger partial charge is 0.469 e. The number of nitrogens with zero attached hydrogens (tertiary/aromatic N) is 1. The number of hydrogen-bond acceptors (Lipinski definition) is 4. The number of fused-ring (bicyclic) bond motifs is 4. The number of benzene rings is 4. The normalized spacial score (nSPS) is 16.3. The van der Waals surface area contributed by atoms with Crippen molar-refractivity contribution in [3.63, 3.8) is 0 Å². The Kier molecular flexibility index (Phi) is 4.01. The summed E-state index contributed by atoms with van der Waals surface area (Å²) < 4.78 is 18.9. The van der Waals surface area contributed by atoms with E-state index in [0.29, 0.717) is 12.4 Å². The van der Waals surface area contributed by atoms with Crippen LogP contribution >= 0.6 is 0 Å². The molecule has 0 aromatic heterocycles. The molecule has 0 atom stereocenters. The van der Waals surface area contributed by atoms with Gasteiger partial charge < -0.3 is 14.2 Å². The fourth-order valence-electron chi connectivity index (χ4n) is 5.13. The second-order valence-corrected chi connectivity index (χ2v) is 9.66. The van der Waals surface area contributed by atoms with Gasteiger partial charge in [0.25, 0.3) is 6.71 Å². The Hall–Kier alpha value is -3.99. The fourth-order valence-corrected chi connectivity index (χ4v) is 5.13. The smallest absolute Gasteiger partial charge is 0.260 e. The highest BCUT2D eigenvalue weighted by Crippen LogP contribution is 2.38. The monoisotopic (exact) mass is 443 g/mol. The van der Waals surface area contributed by atoms with Gasteiger partial charge in [-0.05, 0) is 72.3 Å². The lowest BCUT2D eigenvalue weighted by Gasteiger charge is -2.33. The Morgan fingerprint density at radius 2 is 1.29 bits per heavy atom. The first-order valence-electron chi connectivity index (χ1n) is 11.6. The molecule has 0 radical (unpaired) electrons. The van der Waals surface area contributed by atoms with E-state index in [2.05, 4.69) is 67.4 Å². The maximum Gasteiger partial charge on any atom is 0.260 e. The molecule has 3 aliphatic heterocycles. The summed E-state index contributed by atoms with van der Waals surface area (Å²) in [6.45, 7) is 4.87. The molecule has 7 rings (SSSR count). The molecule has 0 unspecified atom stereocenters. The van der Waals surface area contributed by atoms with Crippen molar-refractivity contribution in [2.75, 3.05) is 6.54 Å². The molecule has 0 aliphatic carbocycles. The predicted octanol–water partition coefficient (Wildman–Crippen LogP) is 4.64. The number of aliphatic imine (C=N–C) groups is 1. The summed E-state index contributed by atoms with van der Waals surface area (Å²) in [6.07, 6.45) is 0. The Labute approximate surface area is 198 Å². The van der Waals surface area contributed by atoms with E-state index in [1.807, 2.05) is 36.4 Å². The Morgan fingerprint density at radius 1 is 0.676 bits per heavy atom. The number of hydrogen-bond donors (Lipinski definition) is 0. The number of rotatable bonds is 2. The SMILES string of the molecule is CC1(C)CN=C(c2cccc(-c3cc4c5c(c3)Oc3ccccc3B5c3ccccc3O4)c2)O1. The van der Waals surface area contributed by atoms with Crippen LogP contribution in [0.1, 0.15) is 19.4 Å². The van der Waals surface area contributed by atoms with Crippen molar-refractivity contribution in [1.29, 1.82) is 0 Å². The standard InChI is InChI=1S/C29H22BNO3/c1-29(2)17-31-28(34-29)19-9-7-8-18(14-19)20-15-25-27-26(16-20)33-24-13-6-4-11-22(24)30(27)21-10-3-5-12-23(21)32-25/h3-16H,17H2,1-2H3. The van der Waals surface area contributed by atoms with Crippen LogP contribution in [0.3, 0.4) is 0 Å². The molecule has 0 bridgehead atoms. The molecule has 4 aromatic rings. The van der Waals surface area contributed by atoms with Gasteiger partial charge >= 0.3 is 0 Å². The molecule has 0 amide bonds. The minimum Gasteiger partial charge on any atom is -0.469 e. The lowest BCUT2D eigenvalue weighted by Crippen LogP contribution is -2.57. The van der Waals surface area contributed by atoms with E-state index in [1.165, 1.54) is 10.9 Å². The molecule has 0 N–H and O–H groups in total. The number of ether oxygens (including phenoxy) is 3. The minimum absolute atomic E-state index is 0.0868. The maximum atomic E-state index is 6.43. The first-order valence-corrected chi connectivity index (χ1v) is 11.6. The molecule has 164 valence electrons. The topological polar surface area (TPSA) is 40.0 Å². The van der Waals surface area contributed by atoms with Crippen molar-refractivity contribution in [3.05, 3.63) is 90.5 Å². The summed E-state index contributed by atoms with van der Waals surface area (Å²) in [5, 5.41) is 0. The van der Waals surface area contributed by atoms with Crippen molar-refractivity contribution < 1.29 is 14.2 Å². The molecule has 5 heteroatoms. The van der Waals surface area contributed by atoms with Crippen molar-refractivity contribution >= 4 is 29.0 Å². The molecule has 0 saturated carbocycles. The van der Waals surface area contributed by atoms with Crippen molar-refractivity contribution in [2.45, 2.75) is 19.4 Å². The molecular weight excluding hydrogens is 421 g/mol. The summed E-state index contributed by atoms with van der Waals surface area (Å²) >= 11 is 0. The van der Waals surface area contributed by atoms with E-state index in [9.17, 15) is 0 Å². The molecule has 3 aliphatic rings. The molecule has 0 fully saturated rings. The van der Waals surface area contributed by atoms with Gasteiger partial charge in [-0.25, -0.2) is 4.99 Å². The zero-order valence-electron chi connectivity index (χ0n) is 19.0. The highest BCUT2D eigenvalue weighted by Gasteiger charge is 2.40. The van der Waals surface area contributed by atoms with Gasteiger partial charge in [-0.15, -0.1) is 0 Å². The second kappa shape index (κ2) is 7.01. The van der Waals surface area contributed by atoms with Crippen LogP contribution in [0.5, 0.6) is 23.0 Å². The van der Waals surface area contributed by atoms with Crippen LogP contribution in [0.2, 0.25) is 0 Å². The highest BCUT2D eigenvalue weighted by atomic mass is 16.5. The van der Waals surface area contributed by atoms with Crippen LogP contribution in [0.4, 0.5) is 0 Å². The van der Waals surface area contributed by atoms with Crippen molar-refractivity contribution in [1.82, 2.24) is 0 Å². The minimum atomic E-state index is -0.265. The van der Waals surface area contributed by atoms with Crippen LogP contribution in [-0.2, 0) is 4.74 Å². The van der Waals surface area contributed by atoms with Crippen LogP contribution in [0.25, 0.3) is 11.1 Å². The van der Waals surface area contributed by atoms with Gasteiger partial charge in [0.15, 0.2) is 0 Å². The van der Waals surface area contributed by atoms with E-state index in [1.54, 1.807) is 0 Å². The van der Waals surface area contributed by atoms with Gasteiger partial charge in [0.1, 0.15) is 28.6 Å². The molecule has 4 nitrogen and oxygen atoms in total. The average molecular weight is 443 g/mol. The summed E-state index contributed by atoms with van der Waals surface area (Å²) in [5.41, 5.74) is 6.23. The maximum absolute atomic E-state index is 6.43. The molecule has 0 saturated heterocycles. The van der Waals surface area contributed by atoms with Gasteiger partial charge in [0.2, 0.25) is 5.90 Å². The molecule has 4 aromatic carbocycles. The quantitative estimate of drug-likeness (QED) is 0.366. The Bertz CT molecular complexity index is 1440. The van der Waals surface area contributed by atoms with E-state index in [-0.39, 0.29) is 12.3 Å². The third-order valence-corrected chi connectivity index (χ3v) is 6.71. The summed E-state index contributed by atoms with van der Waals surface area (Å²) in [5.74, 6) is 4.16. The van der Waals surface area contributed by atoms with Gasteiger partial charge in [-0.3, -0.25) is 0 Å². The van der Waals surface area contributed by atoms with Crippen molar-refractivity contribution in [3.8, 4) is 34.1 Å². The van der Waals surface area contributed by atoms with Crippen LogP contribution < -0.4 is 25.9 Å². The first kappa shape index (κ1) is 19.5. The summed E-state index contributed by atoms with van der Waals surface area (Å²) in [7, 11) is 0. The van der Waals surface area contributed by atoms with E-state index in [0.717, 1.165) is 45.2 Å². The van der Waals surface area contributed by atoms with Crippen LogP contribution in [0.15, 0.2) is 89.9 Å². The third kappa shape index (κ3) is 2.97. The van der Waals surface area contributed by atoms with Crippen LogP contribution in [-0.4, -0.2) is 24.8 Å². The predicted molar refractivity (Wildman–Crippen MR) is 136 cm³/mol. The van der Waals surface area contributed by atoms with Crippen LogP contribution in [0, 0.1) is 0 Å². The lowest BCUT2D eigenvalue weighted by molar-refractivity contribution is 0.131. The van der Waals surface area contributed by atoms with E-state index >= 15 is 0 Å². The fraction of sp³-hybridized carbons (Fsp3) is 0.138. The Balaban J connectivity index is 1.37. The molecular formula is C29H22BNO3. The summed E-state index contributed by atoms with van der Waals surface area (Å²) in [6, 6.07) is 29.1. The van der Waals surface area contributed by atoms with Gasteiger partial charge in [-0.2, -0.15) is 0 Å². The van der Waals surface area contributed by atoms with Gasteiger partial charge in [-0.1, -0.05) is 48.5 Å². The van der Waals surface area contributed by atoms with Crippen molar-refractivity contribution in [2.24, 2.45) is 4.99 Å². The molecule has 3 heterocycles. The molecule has 0 spiro atoms. The Morgan fingerprint density at radius 3 is 1.91 bits per heavy atom. The third-order valence-electron chi connectivity index (χ3n) is 6.71. The molecule has 34 heavy (non-hydrogen) atoms. The number of para-hydroxylation sites is 2.